The molecule has 1 aliphatic rings. The lowest BCUT2D eigenvalue weighted by atomic mass is 10.2. The Balaban J connectivity index is 0.00000121. The highest BCUT2D eigenvalue weighted by atomic mass is 35.5. The summed E-state index contributed by atoms with van der Waals surface area (Å²) in [5, 5.41) is 3.44. The van der Waals surface area contributed by atoms with Gasteiger partial charge < -0.3 is 44.2 Å². The van der Waals surface area contributed by atoms with E-state index in [9.17, 15) is 0 Å². The number of aryl methyl sites for hydroxylation is 1. The van der Waals surface area contributed by atoms with Crippen molar-refractivity contribution in [1.29, 1.82) is 0 Å². The highest BCUT2D eigenvalue weighted by Gasteiger charge is 2.11. The molecule has 0 atom stereocenters. The fourth-order valence-electron chi connectivity index (χ4n) is 2.24. The van der Waals surface area contributed by atoms with Gasteiger partial charge in [-0.1, -0.05) is 6.07 Å². The summed E-state index contributed by atoms with van der Waals surface area (Å²) in [6.07, 6.45) is 6.73. The number of hydrogen-bond acceptors (Lipinski definition) is 4. The number of hydrogen-bond donors (Lipinski definition) is 1. The lowest BCUT2D eigenvalue weighted by Gasteiger charge is -2.19. The van der Waals surface area contributed by atoms with Crippen LogP contribution in [0.1, 0.15) is 12.0 Å². The van der Waals surface area contributed by atoms with Crippen LogP contribution in [0.2, 0.25) is 0 Å². The molecule has 1 aromatic carbocycles. The average Bonchev–Trinajstić information content (AvgIpc) is 3.00. The Morgan fingerprint density at radius 2 is 1.95 bits per heavy atom. The van der Waals surface area contributed by atoms with Crippen molar-refractivity contribution in [3.8, 4) is 11.5 Å². The van der Waals surface area contributed by atoms with Crippen molar-refractivity contribution in [3.05, 3.63) is 42.5 Å². The number of nitrogens with one attached hydrogen (secondary N) is 1. The van der Waals surface area contributed by atoms with Crippen molar-refractivity contribution in [1.82, 2.24) is 14.9 Å². The third-order valence-electron chi connectivity index (χ3n) is 3.26. The molecular weight excluding hydrogens is 325 g/mol. The van der Waals surface area contributed by atoms with Crippen LogP contribution < -0.4 is 39.6 Å². The predicted molar refractivity (Wildman–Crippen MR) is 76.0 cm³/mol. The molecule has 5 nitrogen and oxygen atoms in total. The van der Waals surface area contributed by atoms with Gasteiger partial charge in [0.05, 0.1) is 6.33 Å². The molecule has 3 rings (SSSR count). The molecule has 7 heteroatoms. The van der Waals surface area contributed by atoms with Crippen LogP contribution in [-0.4, -0.2) is 29.3 Å². The van der Waals surface area contributed by atoms with Crippen LogP contribution >= 0.6 is 0 Å². The van der Waals surface area contributed by atoms with E-state index in [0.717, 1.165) is 37.6 Å². The van der Waals surface area contributed by atoms with E-state index in [0.29, 0.717) is 13.2 Å². The van der Waals surface area contributed by atoms with E-state index in [1.807, 2.05) is 24.8 Å². The number of aromatic nitrogens is 2. The molecule has 22 heavy (non-hydrogen) atoms. The quantitative estimate of drug-likeness (QED) is 0.541. The molecule has 1 aromatic heterocycles. The molecule has 122 valence electrons. The zero-order chi connectivity index (χ0) is 13.6. The van der Waals surface area contributed by atoms with E-state index in [4.69, 9.17) is 9.47 Å². The maximum Gasteiger partial charge on any atom is 0.161 e. The van der Waals surface area contributed by atoms with Gasteiger partial charge in [0.2, 0.25) is 0 Å². The van der Waals surface area contributed by atoms with E-state index in [1.165, 1.54) is 5.56 Å². The van der Waals surface area contributed by atoms with Gasteiger partial charge in [0, 0.05) is 25.5 Å². The standard InChI is InChI=1S/C15H19N3O2.2ClH/c1(6-18-7-5-17-12-18)4-16-11-13-2-3-14-15(10-13)20-9-8-19-14;;/h2-3,5,7,10,12,16H,1,4,6,8-9,11H2;2*1H/p-2. The SMILES string of the molecule is [Cl-].[Cl-].c1cn(CCCNCc2ccc3c(c2)OCCO3)cn1. The Labute approximate surface area is 142 Å². The summed E-state index contributed by atoms with van der Waals surface area (Å²) in [6, 6.07) is 6.12. The van der Waals surface area contributed by atoms with E-state index < -0.39 is 0 Å². The number of imidazole rings is 1. The molecule has 1 aliphatic heterocycles. The maximum atomic E-state index is 5.58. The van der Waals surface area contributed by atoms with Crippen molar-refractivity contribution >= 4 is 0 Å². The third-order valence-corrected chi connectivity index (χ3v) is 3.26. The highest BCUT2D eigenvalue weighted by Crippen LogP contribution is 2.30. The topological polar surface area (TPSA) is 48.3 Å². The number of nitrogens with zero attached hydrogens (tertiary/aromatic N) is 2. The van der Waals surface area contributed by atoms with Gasteiger partial charge in [0.15, 0.2) is 11.5 Å². The lowest BCUT2D eigenvalue weighted by molar-refractivity contribution is -0.00100. The van der Waals surface area contributed by atoms with Gasteiger partial charge in [-0.05, 0) is 30.7 Å². The fraction of sp³-hybridized carbons (Fsp3) is 0.400. The zero-order valence-electron chi connectivity index (χ0n) is 12.2. The smallest absolute Gasteiger partial charge is 0.161 e. The predicted octanol–water partition coefficient (Wildman–Crippen LogP) is -4.16. The number of rotatable bonds is 6. The molecule has 0 saturated heterocycles. The Morgan fingerprint density at radius 3 is 2.73 bits per heavy atom. The minimum absolute atomic E-state index is 0. The van der Waals surface area contributed by atoms with Crippen LogP contribution in [0.3, 0.4) is 0 Å². The van der Waals surface area contributed by atoms with Gasteiger partial charge in [-0.3, -0.25) is 0 Å². The third kappa shape index (κ3) is 5.09. The molecule has 0 unspecified atom stereocenters. The van der Waals surface area contributed by atoms with Crippen LogP contribution in [-0.2, 0) is 13.1 Å². The monoisotopic (exact) mass is 343 g/mol. The minimum atomic E-state index is 0. The molecule has 0 fully saturated rings. The minimum Gasteiger partial charge on any atom is -1.00 e. The van der Waals surface area contributed by atoms with Gasteiger partial charge >= 0.3 is 0 Å². The van der Waals surface area contributed by atoms with Gasteiger partial charge in [0.25, 0.3) is 0 Å². The van der Waals surface area contributed by atoms with Crippen LogP contribution in [0.25, 0.3) is 0 Å². The first-order chi connectivity index (χ1) is 9.92. The first-order valence-corrected chi connectivity index (χ1v) is 6.97. The molecule has 0 radical (unpaired) electrons. The zero-order valence-corrected chi connectivity index (χ0v) is 13.7. The van der Waals surface area contributed by atoms with Crippen molar-refractivity contribution in [2.24, 2.45) is 0 Å². The van der Waals surface area contributed by atoms with E-state index >= 15 is 0 Å². The molecule has 2 heterocycles. The summed E-state index contributed by atoms with van der Waals surface area (Å²) in [5.41, 5.74) is 1.22. The number of ether oxygens (including phenoxy) is 2. The van der Waals surface area contributed by atoms with E-state index in [1.54, 1.807) is 0 Å². The molecule has 0 spiro atoms. The Morgan fingerprint density at radius 1 is 1.14 bits per heavy atom. The highest BCUT2D eigenvalue weighted by molar-refractivity contribution is 5.43. The van der Waals surface area contributed by atoms with Gasteiger partial charge in [-0.2, -0.15) is 0 Å². The van der Waals surface area contributed by atoms with Crippen molar-refractivity contribution in [2.45, 2.75) is 19.5 Å². The van der Waals surface area contributed by atoms with Crippen molar-refractivity contribution in [3.63, 3.8) is 0 Å². The summed E-state index contributed by atoms with van der Waals surface area (Å²) in [6.45, 7) is 4.09. The van der Waals surface area contributed by atoms with E-state index in [2.05, 4.69) is 27.0 Å². The first kappa shape index (κ1) is 18.6. The largest absolute Gasteiger partial charge is 1.00 e. The second kappa shape index (κ2) is 9.56. The molecule has 0 amide bonds. The molecular formula is C15H19Cl2N3O2-2. The lowest BCUT2D eigenvalue weighted by Crippen LogP contribution is -3.00. The second-order valence-electron chi connectivity index (χ2n) is 4.81. The fourth-order valence-corrected chi connectivity index (χ4v) is 2.24. The Kier molecular flexibility index (Phi) is 8.09. The molecule has 0 bridgehead atoms. The first-order valence-electron chi connectivity index (χ1n) is 6.97. The van der Waals surface area contributed by atoms with Crippen LogP contribution in [0.4, 0.5) is 0 Å². The van der Waals surface area contributed by atoms with Crippen LogP contribution in [0.15, 0.2) is 36.9 Å². The van der Waals surface area contributed by atoms with Gasteiger partial charge in [0.1, 0.15) is 13.2 Å². The number of fused-ring (bicyclic) bond motifs is 1. The normalized spacial score (nSPS) is 12.2. The van der Waals surface area contributed by atoms with Crippen molar-refractivity contribution in [2.75, 3.05) is 19.8 Å². The maximum absolute atomic E-state index is 5.58. The molecule has 0 saturated carbocycles. The van der Waals surface area contributed by atoms with Crippen LogP contribution in [0.5, 0.6) is 11.5 Å². The summed E-state index contributed by atoms with van der Waals surface area (Å²) in [5.74, 6) is 1.70. The van der Waals surface area contributed by atoms with Gasteiger partial charge in [-0.25, -0.2) is 4.98 Å². The Bertz CT molecular complexity index is 550. The van der Waals surface area contributed by atoms with Crippen molar-refractivity contribution < 1.29 is 34.3 Å². The summed E-state index contributed by atoms with van der Waals surface area (Å²) in [7, 11) is 0. The second-order valence-corrected chi connectivity index (χ2v) is 4.81. The number of benzene rings is 1. The van der Waals surface area contributed by atoms with E-state index in [-0.39, 0.29) is 24.8 Å². The Hall–Kier alpha value is -1.43. The molecule has 2 aromatic rings. The summed E-state index contributed by atoms with van der Waals surface area (Å²) >= 11 is 0. The van der Waals surface area contributed by atoms with Gasteiger partial charge in [-0.15, -0.1) is 0 Å². The number of halogens is 2. The average molecular weight is 344 g/mol. The molecule has 0 aliphatic carbocycles. The van der Waals surface area contributed by atoms with Crippen LogP contribution in [0, 0.1) is 0 Å². The molecule has 1 N–H and O–H groups in total. The summed E-state index contributed by atoms with van der Waals surface area (Å²) < 4.78 is 13.2. The summed E-state index contributed by atoms with van der Waals surface area (Å²) in [4.78, 5) is 4.03.